The molecule has 3 heterocycles. The summed E-state index contributed by atoms with van der Waals surface area (Å²) in [5.41, 5.74) is 7.16. The Morgan fingerprint density at radius 3 is 2.54 bits per heavy atom. The Balaban J connectivity index is 0.00000292. The van der Waals surface area contributed by atoms with Crippen molar-refractivity contribution in [3.8, 4) is 16.9 Å². The third-order valence-corrected chi connectivity index (χ3v) is 9.98. The van der Waals surface area contributed by atoms with Gasteiger partial charge in [-0.1, -0.05) is 70.5 Å². The molecule has 11 heteroatoms. The normalized spacial score (nSPS) is 13.5. The Morgan fingerprint density at radius 2 is 1.76 bits per heavy atom. The number of rotatable bonds is 16. The van der Waals surface area contributed by atoms with E-state index in [4.69, 9.17) is 19.3 Å². The van der Waals surface area contributed by atoms with Gasteiger partial charge in [-0.3, -0.25) is 9.58 Å². The first-order chi connectivity index (χ1) is 24.0. The van der Waals surface area contributed by atoms with Gasteiger partial charge in [0, 0.05) is 68.3 Å². The highest BCUT2D eigenvalue weighted by molar-refractivity contribution is 9.08. The summed E-state index contributed by atoms with van der Waals surface area (Å²) in [4.78, 5) is 16.3. The number of alkyl halides is 1. The third kappa shape index (κ3) is 8.21. The monoisotopic (exact) mass is 767 g/mol. The number of nitrogens with zero attached hydrogens (tertiary/aromatic N) is 4. The van der Waals surface area contributed by atoms with E-state index in [9.17, 15) is 4.79 Å². The highest BCUT2D eigenvalue weighted by Gasteiger charge is 2.28. The Morgan fingerprint density at radius 1 is 1.00 bits per heavy atom. The van der Waals surface area contributed by atoms with E-state index in [1.165, 1.54) is 0 Å². The number of aromatic nitrogens is 3. The zero-order chi connectivity index (χ0) is 34.2. The fraction of sp³-hybridized carbons (Fsp3) is 0.436. The van der Waals surface area contributed by atoms with Gasteiger partial charge >= 0.3 is 5.97 Å². The number of fused-ring (bicyclic) bond motifs is 2. The number of para-hydroxylation sites is 1. The lowest BCUT2D eigenvalue weighted by Crippen LogP contribution is -2.37. The molecule has 1 aliphatic rings. The SMILES string of the molecule is CCOC(=O)c1c(CCCOc2cccc3ccccc23)c2cccc(-c3c(CCN4CCOCC4)nn(C)c3CBr)c2n1CCCNC.Cl.[HH]. The number of carbonyl (C=O) groups is 1. The van der Waals surface area contributed by atoms with Gasteiger partial charge in [-0.15, -0.1) is 12.4 Å². The maximum atomic E-state index is 13.9. The van der Waals surface area contributed by atoms with E-state index < -0.39 is 0 Å². The molecule has 0 amide bonds. The molecule has 5 aromatic rings. The number of aryl methyl sites for hydroxylation is 3. The summed E-state index contributed by atoms with van der Waals surface area (Å²) in [7, 11) is 3.99. The molecule has 1 N–H and O–H groups in total. The number of esters is 1. The van der Waals surface area contributed by atoms with Crippen LogP contribution in [-0.2, 0) is 41.2 Å². The average Bonchev–Trinajstić information content (AvgIpc) is 3.63. The summed E-state index contributed by atoms with van der Waals surface area (Å²) in [6, 6.07) is 20.9. The van der Waals surface area contributed by atoms with Crippen molar-refractivity contribution in [2.45, 2.75) is 44.5 Å². The van der Waals surface area contributed by atoms with Crippen LogP contribution >= 0.6 is 28.3 Å². The topological polar surface area (TPSA) is 82.8 Å². The fourth-order valence-corrected chi connectivity index (χ4v) is 7.75. The van der Waals surface area contributed by atoms with E-state index in [0.29, 0.717) is 37.2 Å². The maximum Gasteiger partial charge on any atom is 0.355 e. The summed E-state index contributed by atoms with van der Waals surface area (Å²) in [6.45, 7) is 8.57. The molecule has 0 spiro atoms. The molecule has 1 aliphatic heterocycles. The van der Waals surface area contributed by atoms with Gasteiger partial charge in [0.2, 0.25) is 0 Å². The lowest BCUT2D eigenvalue weighted by molar-refractivity contribution is 0.0383. The van der Waals surface area contributed by atoms with Gasteiger partial charge in [-0.25, -0.2) is 4.79 Å². The minimum absolute atomic E-state index is 0. The van der Waals surface area contributed by atoms with Crippen LogP contribution in [-0.4, -0.2) is 84.9 Å². The van der Waals surface area contributed by atoms with Gasteiger partial charge in [-0.2, -0.15) is 5.10 Å². The van der Waals surface area contributed by atoms with Crippen LogP contribution in [0, 0.1) is 0 Å². The van der Waals surface area contributed by atoms with Crippen LogP contribution in [0.2, 0.25) is 0 Å². The molecular formula is C39H51BrClN5O4. The maximum absolute atomic E-state index is 13.9. The number of morpholine rings is 1. The predicted octanol–water partition coefficient (Wildman–Crippen LogP) is 7.43. The van der Waals surface area contributed by atoms with Crippen LogP contribution in [0.25, 0.3) is 32.8 Å². The van der Waals surface area contributed by atoms with Crippen LogP contribution in [0.3, 0.4) is 0 Å². The largest absolute Gasteiger partial charge is 0.493 e. The quantitative estimate of drug-likeness (QED) is 0.0636. The van der Waals surface area contributed by atoms with Crippen molar-refractivity contribution in [1.29, 1.82) is 0 Å². The molecule has 0 unspecified atom stereocenters. The van der Waals surface area contributed by atoms with Gasteiger partial charge < -0.3 is 24.1 Å². The lowest BCUT2D eigenvalue weighted by Gasteiger charge is -2.26. The average molecular weight is 769 g/mol. The second kappa shape index (κ2) is 18.2. The van der Waals surface area contributed by atoms with Gasteiger partial charge in [0.15, 0.2) is 0 Å². The van der Waals surface area contributed by atoms with E-state index in [-0.39, 0.29) is 19.8 Å². The molecular weight excluding hydrogens is 718 g/mol. The van der Waals surface area contributed by atoms with Crippen molar-refractivity contribution >= 4 is 56.0 Å². The van der Waals surface area contributed by atoms with Crippen molar-refractivity contribution in [3.05, 3.63) is 83.3 Å². The highest BCUT2D eigenvalue weighted by atomic mass is 79.9. The molecule has 50 heavy (non-hydrogen) atoms. The number of ether oxygens (including phenoxy) is 3. The van der Waals surface area contributed by atoms with Crippen molar-refractivity contribution in [1.82, 2.24) is 24.6 Å². The molecule has 0 atom stereocenters. The molecule has 1 saturated heterocycles. The molecule has 3 aromatic carbocycles. The molecule has 0 aliphatic carbocycles. The number of nitrogens with one attached hydrogen (secondary N) is 1. The second-order valence-corrected chi connectivity index (χ2v) is 13.1. The van der Waals surface area contributed by atoms with Gasteiger partial charge in [0.05, 0.1) is 43.3 Å². The number of halogens is 2. The van der Waals surface area contributed by atoms with Gasteiger partial charge in [-0.05, 0) is 56.8 Å². The number of hydrogen-bond acceptors (Lipinski definition) is 7. The summed E-state index contributed by atoms with van der Waals surface area (Å²) in [5.74, 6) is 0.600. The molecule has 0 radical (unpaired) electrons. The summed E-state index contributed by atoms with van der Waals surface area (Å²) in [6.07, 6.45) is 3.13. The van der Waals surface area contributed by atoms with E-state index in [1.807, 2.05) is 50.0 Å². The molecule has 270 valence electrons. The first-order valence-electron chi connectivity index (χ1n) is 17.5. The van der Waals surface area contributed by atoms with Crippen molar-refractivity contribution in [2.75, 3.05) is 59.7 Å². The Hall–Kier alpha value is -3.41. The van der Waals surface area contributed by atoms with E-state index >= 15 is 0 Å². The van der Waals surface area contributed by atoms with Gasteiger partial charge in [0.25, 0.3) is 0 Å². The molecule has 0 saturated carbocycles. The Bertz CT molecular complexity index is 1890. The lowest BCUT2D eigenvalue weighted by atomic mass is 9.97. The van der Waals surface area contributed by atoms with E-state index in [1.54, 1.807) is 0 Å². The number of carbonyl (C=O) groups excluding carboxylic acids is 1. The molecule has 0 bridgehead atoms. The molecule has 9 nitrogen and oxygen atoms in total. The van der Waals surface area contributed by atoms with Gasteiger partial charge in [0.1, 0.15) is 11.4 Å². The molecule has 6 rings (SSSR count). The number of benzene rings is 3. The van der Waals surface area contributed by atoms with Crippen LogP contribution in [0.1, 0.15) is 48.6 Å². The van der Waals surface area contributed by atoms with Crippen molar-refractivity contribution in [3.63, 3.8) is 0 Å². The third-order valence-electron chi connectivity index (χ3n) is 9.45. The highest BCUT2D eigenvalue weighted by Crippen LogP contribution is 2.39. The minimum Gasteiger partial charge on any atom is -0.493 e. The molecule has 2 aromatic heterocycles. The first kappa shape index (κ1) is 37.8. The smallest absolute Gasteiger partial charge is 0.355 e. The Labute approximate surface area is 311 Å². The number of hydrogen-bond donors (Lipinski definition) is 1. The first-order valence-corrected chi connectivity index (χ1v) is 18.6. The van der Waals surface area contributed by atoms with Crippen LogP contribution in [0.4, 0.5) is 0 Å². The van der Waals surface area contributed by atoms with Crippen LogP contribution < -0.4 is 10.1 Å². The fourth-order valence-electron chi connectivity index (χ4n) is 7.11. The summed E-state index contributed by atoms with van der Waals surface area (Å²) in [5, 5.41) is 12.4. The van der Waals surface area contributed by atoms with Crippen LogP contribution in [0.15, 0.2) is 60.7 Å². The summed E-state index contributed by atoms with van der Waals surface area (Å²) >= 11 is 3.78. The minimum atomic E-state index is -0.279. The predicted molar refractivity (Wildman–Crippen MR) is 209 cm³/mol. The zero-order valence-corrected chi connectivity index (χ0v) is 31.8. The van der Waals surface area contributed by atoms with Crippen molar-refractivity contribution in [2.24, 2.45) is 7.05 Å². The summed E-state index contributed by atoms with van der Waals surface area (Å²) < 4.78 is 21.9. The Kier molecular flexibility index (Phi) is 13.8. The zero-order valence-electron chi connectivity index (χ0n) is 29.4. The van der Waals surface area contributed by atoms with Crippen LogP contribution in [0.5, 0.6) is 5.75 Å². The standard InChI is InChI=1S/C39H48BrN5O4.ClH.H2/c1-4-48-39(46)38-31(16-9-24-49-35-17-7-12-28-11-5-6-13-29(28)35)30-14-8-15-32(37(30)45(38)20-10-19-41-2)36-33(42-43(3)34(36)27-40)18-21-44-22-25-47-26-23-44;;/h5-8,11-15,17,41H,4,9-10,16,18-27H2,1-3H3;2*1H. The molecule has 1 fully saturated rings. The van der Waals surface area contributed by atoms with E-state index in [2.05, 4.69) is 67.1 Å². The van der Waals surface area contributed by atoms with Crippen molar-refractivity contribution < 1.29 is 20.4 Å². The second-order valence-electron chi connectivity index (χ2n) is 12.5. The van der Waals surface area contributed by atoms with E-state index in [0.717, 1.165) is 114 Å².